The predicted molar refractivity (Wildman–Crippen MR) is 120 cm³/mol. The number of hydrogen-bond donors (Lipinski definition) is 2. The highest BCUT2D eigenvalue weighted by Gasteiger charge is 2.11. The maximum atomic E-state index is 12.4. The molecule has 8 heteroatoms. The third kappa shape index (κ3) is 6.76. The monoisotopic (exact) mass is 428 g/mol. The van der Waals surface area contributed by atoms with E-state index in [0.717, 1.165) is 21.1 Å². The fourth-order valence-electron chi connectivity index (χ4n) is 2.38. The molecule has 0 bridgehead atoms. The number of urea groups is 1. The van der Waals surface area contributed by atoms with Gasteiger partial charge in [0, 0.05) is 34.1 Å². The number of rotatable bonds is 8. The molecule has 0 atom stereocenters. The first-order valence-corrected chi connectivity index (χ1v) is 11.1. The van der Waals surface area contributed by atoms with Crippen molar-refractivity contribution in [2.75, 3.05) is 17.2 Å². The Hall–Kier alpha value is -2.58. The van der Waals surface area contributed by atoms with Gasteiger partial charge >= 0.3 is 6.03 Å². The second-order valence-electron chi connectivity index (χ2n) is 6.89. The van der Waals surface area contributed by atoms with Crippen molar-refractivity contribution in [3.8, 4) is 5.75 Å². The Morgan fingerprint density at radius 2 is 2.00 bits per heavy atom. The number of nitrogens with zero attached hydrogens (tertiary/aromatic N) is 2. The SMILES string of the molecule is Cc1ccc(NC(=O)Nc2ncc(CSc3ccncc3)s2)c(OCC(C)C)c1. The van der Waals surface area contributed by atoms with E-state index in [1.165, 1.54) is 11.3 Å². The van der Waals surface area contributed by atoms with Gasteiger partial charge in [-0.25, -0.2) is 9.78 Å². The number of aromatic nitrogens is 2. The summed E-state index contributed by atoms with van der Waals surface area (Å²) in [5.74, 6) is 1.86. The molecule has 0 spiro atoms. The number of carbonyl (C=O) groups excluding carboxylic acids is 1. The van der Waals surface area contributed by atoms with E-state index in [-0.39, 0.29) is 6.03 Å². The summed E-state index contributed by atoms with van der Waals surface area (Å²) in [7, 11) is 0. The molecule has 2 aromatic heterocycles. The maximum Gasteiger partial charge on any atom is 0.325 e. The van der Waals surface area contributed by atoms with Crippen molar-refractivity contribution in [1.82, 2.24) is 9.97 Å². The Morgan fingerprint density at radius 1 is 1.21 bits per heavy atom. The molecule has 0 saturated carbocycles. The van der Waals surface area contributed by atoms with Crippen molar-refractivity contribution in [1.29, 1.82) is 0 Å². The normalized spacial score (nSPS) is 10.8. The minimum atomic E-state index is -0.342. The Kier molecular flexibility index (Phi) is 7.48. The van der Waals surface area contributed by atoms with Crippen LogP contribution in [-0.2, 0) is 5.75 Å². The average molecular weight is 429 g/mol. The van der Waals surface area contributed by atoms with Crippen LogP contribution in [0.3, 0.4) is 0 Å². The summed E-state index contributed by atoms with van der Waals surface area (Å²) in [5.41, 5.74) is 1.71. The zero-order valence-electron chi connectivity index (χ0n) is 16.6. The third-order valence-electron chi connectivity index (χ3n) is 3.76. The van der Waals surface area contributed by atoms with E-state index in [1.807, 2.05) is 37.3 Å². The van der Waals surface area contributed by atoms with Gasteiger partial charge in [-0.15, -0.1) is 23.1 Å². The van der Waals surface area contributed by atoms with Gasteiger partial charge in [0.1, 0.15) is 5.75 Å². The molecule has 3 aromatic rings. The Bertz CT molecular complexity index is 945. The van der Waals surface area contributed by atoms with Gasteiger partial charge in [-0.05, 0) is 42.7 Å². The maximum absolute atomic E-state index is 12.4. The number of carbonyl (C=O) groups is 1. The summed E-state index contributed by atoms with van der Waals surface area (Å²) < 4.78 is 5.85. The van der Waals surface area contributed by atoms with Crippen molar-refractivity contribution in [2.24, 2.45) is 5.92 Å². The van der Waals surface area contributed by atoms with Crippen LogP contribution in [0.5, 0.6) is 5.75 Å². The van der Waals surface area contributed by atoms with Crippen LogP contribution in [0.15, 0.2) is 53.8 Å². The highest BCUT2D eigenvalue weighted by Crippen LogP contribution is 2.28. The number of benzene rings is 1. The second kappa shape index (κ2) is 10.3. The van der Waals surface area contributed by atoms with Crippen LogP contribution in [0.25, 0.3) is 0 Å². The van der Waals surface area contributed by atoms with Crippen LogP contribution in [0.4, 0.5) is 15.6 Å². The third-order valence-corrected chi connectivity index (χ3v) is 5.92. The molecule has 6 nitrogen and oxygen atoms in total. The molecule has 1 aromatic carbocycles. The van der Waals surface area contributed by atoms with Gasteiger partial charge in [-0.3, -0.25) is 10.3 Å². The number of aryl methyl sites for hydroxylation is 1. The van der Waals surface area contributed by atoms with Crippen LogP contribution in [0.1, 0.15) is 24.3 Å². The van der Waals surface area contributed by atoms with E-state index in [9.17, 15) is 4.79 Å². The molecule has 2 amide bonds. The van der Waals surface area contributed by atoms with Crippen LogP contribution in [-0.4, -0.2) is 22.6 Å². The molecular weight excluding hydrogens is 404 g/mol. The lowest BCUT2D eigenvalue weighted by molar-refractivity contribution is 0.260. The van der Waals surface area contributed by atoms with Crippen molar-refractivity contribution < 1.29 is 9.53 Å². The van der Waals surface area contributed by atoms with Crippen molar-refractivity contribution in [3.05, 3.63) is 59.4 Å². The van der Waals surface area contributed by atoms with E-state index in [4.69, 9.17) is 4.74 Å². The fraction of sp³-hybridized carbons (Fsp3) is 0.286. The summed E-state index contributed by atoms with van der Waals surface area (Å²) in [4.78, 5) is 23.0. The smallest absolute Gasteiger partial charge is 0.325 e. The molecule has 0 radical (unpaired) electrons. The Morgan fingerprint density at radius 3 is 2.76 bits per heavy atom. The molecule has 152 valence electrons. The molecule has 0 fully saturated rings. The summed E-state index contributed by atoms with van der Waals surface area (Å²) in [6.45, 7) is 6.75. The van der Waals surface area contributed by atoms with Gasteiger partial charge in [0.25, 0.3) is 0 Å². The number of pyridine rings is 1. The van der Waals surface area contributed by atoms with Crippen LogP contribution < -0.4 is 15.4 Å². The van der Waals surface area contributed by atoms with E-state index in [0.29, 0.717) is 29.1 Å². The highest BCUT2D eigenvalue weighted by atomic mass is 32.2. The van der Waals surface area contributed by atoms with E-state index < -0.39 is 0 Å². The van der Waals surface area contributed by atoms with Gasteiger partial charge in [0.05, 0.1) is 12.3 Å². The molecular formula is C21H24N4O2S2. The average Bonchev–Trinajstić information content (AvgIpc) is 3.14. The number of thioether (sulfide) groups is 1. The topological polar surface area (TPSA) is 76.1 Å². The first-order valence-electron chi connectivity index (χ1n) is 9.28. The minimum Gasteiger partial charge on any atom is -0.491 e. The van der Waals surface area contributed by atoms with Crippen molar-refractivity contribution in [2.45, 2.75) is 31.4 Å². The van der Waals surface area contributed by atoms with Crippen molar-refractivity contribution in [3.63, 3.8) is 0 Å². The van der Waals surface area contributed by atoms with Gasteiger partial charge < -0.3 is 10.1 Å². The first kappa shape index (κ1) is 21.1. The second-order valence-corrected chi connectivity index (χ2v) is 9.05. The largest absolute Gasteiger partial charge is 0.491 e. The summed E-state index contributed by atoms with van der Waals surface area (Å²) in [5, 5.41) is 6.21. The van der Waals surface area contributed by atoms with E-state index in [1.54, 1.807) is 30.4 Å². The number of ether oxygens (including phenoxy) is 1. The first-order chi connectivity index (χ1) is 14.0. The minimum absolute atomic E-state index is 0.342. The Labute approximate surface area is 179 Å². The number of amides is 2. The van der Waals surface area contributed by atoms with Gasteiger partial charge in [0.2, 0.25) is 0 Å². The lowest BCUT2D eigenvalue weighted by Gasteiger charge is -2.14. The predicted octanol–water partition coefficient (Wildman–Crippen LogP) is 5.82. The zero-order valence-corrected chi connectivity index (χ0v) is 18.3. The summed E-state index contributed by atoms with van der Waals surface area (Å²) >= 11 is 3.17. The van der Waals surface area contributed by atoms with E-state index >= 15 is 0 Å². The molecule has 2 heterocycles. The lowest BCUT2D eigenvalue weighted by Crippen LogP contribution is -2.20. The molecule has 0 unspecified atom stereocenters. The molecule has 2 N–H and O–H groups in total. The molecule has 0 aliphatic carbocycles. The molecule has 0 saturated heterocycles. The molecule has 0 aliphatic heterocycles. The van der Waals surface area contributed by atoms with Gasteiger partial charge in [0.15, 0.2) is 5.13 Å². The molecule has 3 rings (SSSR count). The molecule has 0 aliphatic rings. The van der Waals surface area contributed by atoms with Crippen LogP contribution in [0.2, 0.25) is 0 Å². The van der Waals surface area contributed by atoms with Crippen LogP contribution in [0, 0.1) is 12.8 Å². The standard InChI is InChI=1S/C21H24N4O2S2/c1-14(2)12-27-19-10-15(3)4-5-18(19)24-20(26)25-21-23-11-17(29-21)13-28-16-6-8-22-9-7-16/h4-11,14H,12-13H2,1-3H3,(H2,23,24,25,26). The van der Waals surface area contributed by atoms with Crippen LogP contribution >= 0.6 is 23.1 Å². The summed E-state index contributed by atoms with van der Waals surface area (Å²) in [6, 6.07) is 9.32. The van der Waals surface area contributed by atoms with Crippen molar-refractivity contribution >= 4 is 39.9 Å². The van der Waals surface area contributed by atoms with E-state index in [2.05, 4.69) is 34.4 Å². The number of hydrogen-bond acceptors (Lipinski definition) is 6. The highest BCUT2D eigenvalue weighted by molar-refractivity contribution is 7.98. The Balaban J connectivity index is 1.56. The number of thiazole rings is 1. The number of anilines is 2. The van der Waals surface area contributed by atoms with Gasteiger partial charge in [-0.2, -0.15) is 0 Å². The zero-order chi connectivity index (χ0) is 20.6. The summed E-state index contributed by atoms with van der Waals surface area (Å²) in [6.07, 6.45) is 5.34. The number of nitrogens with one attached hydrogen (secondary N) is 2. The fourth-order valence-corrected chi connectivity index (χ4v) is 4.09. The quantitative estimate of drug-likeness (QED) is 0.442. The lowest BCUT2D eigenvalue weighted by atomic mass is 10.2. The van der Waals surface area contributed by atoms with Gasteiger partial charge in [-0.1, -0.05) is 19.9 Å². The molecule has 29 heavy (non-hydrogen) atoms.